The summed E-state index contributed by atoms with van der Waals surface area (Å²) >= 11 is 0. The zero-order valence-corrected chi connectivity index (χ0v) is 12.4. The molecule has 1 aromatic heterocycles. The first kappa shape index (κ1) is 12.2. The van der Waals surface area contributed by atoms with Gasteiger partial charge < -0.3 is 10.3 Å². The van der Waals surface area contributed by atoms with Gasteiger partial charge in [-0.2, -0.15) is 0 Å². The molecule has 2 aromatic rings. The Hall–Kier alpha value is -1.51. The van der Waals surface area contributed by atoms with E-state index in [-0.39, 0.29) is 0 Å². The van der Waals surface area contributed by atoms with Gasteiger partial charge in [-0.15, -0.1) is 0 Å². The van der Waals surface area contributed by atoms with Crippen LogP contribution in [0.25, 0.3) is 11.0 Å². The molecule has 2 aliphatic carbocycles. The van der Waals surface area contributed by atoms with Crippen LogP contribution in [-0.4, -0.2) is 9.55 Å². The molecule has 20 heavy (non-hydrogen) atoms. The second-order valence-electron chi connectivity index (χ2n) is 7.42. The van der Waals surface area contributed by atoms with E-state index in [0.717, 1.165) is 11.2 Å². The maximum absolute atomic E-state index is 5.92. The van der Waals surface area contributed by atoms with Crippen LogP contribution in [0.4, 0.5) is 5.69 Å². The van der Waals surface area contributed by atoms with Gasteiger partial charge in [0.2, 0.25) is 0 Å². The number of fused-ring (bicyclic) bond motifs is 1. The number of nitrogens with zero attached hydrogens (tertiary/aromatic N) is 2. The highest BCUT2D eigenvalue weighted by atomic mass is 15.1. The molecule has 2 N–H and O–H groups in total. The molecule has 0 bridgehead atoms. The third kappa shape index (κ3) is 1.91. The van der Waals surface area contributed by atoms with E-state index in [1.807, 2.05) is 12.1 Å². The fourth-order valence-electron chi connectivity index (χ4n) is 3.77. The van der Waals surface area contributed by atoms with Crippen molar-refractivity contribution in [1.82, 2.24) is 9.55 Å². The average molecular weight is 269 g/mol. The molecule has 3 heteroatoms. The Balaban J connectivity index is 1.86. The SMILES string of the molecule is CC1(C)CCC(n2c(C3CC3)nc3cc(N)ccc32)C1. The summed E-state index contributed by atoms with van der Waals surface area (Å²) in [6.07, 6.45) is 6.46. The molecule has 3 nitrogen and oxygen atoms in total. The Bertz CT molecular complexity index is 664. The van der Waals surface area contributed by atoms with Gasteiger partial charge in [-0.05, 0) is 55.7 Å². The molecule has 1 heterocycles. The second kappa shape index (κ2) is 4.00. The molecule has 1 aromatic carbocycles. The summed E-state index contributed by atoms with van der Waals surface area (Å²) in [4.78, 5) is 4.91. The van der Waals surface area contributed by atoms with Gasteiger partial charge in [0, 0.05) is 17.6 Å². The van der Waals surface area contributed by atoms with Gasteiger partial charge >= 0.3 is 0 Å². The molecule has 2 fully saturated rings. The van der Waals surface area contributed by atoms with Crippen LogP contribution >= 0.6 is 0 Å². The van der Waals surface area contributed by atoms with Gasteiger partial charge in [-0.3, -0.25) is 0 Å². The number of benzene rings is 1. The maximum Gasteiger partial charge on any atom is 0.113 e. The lowest BCUT2D eigenvalue weighted by molar-refractivity contribution is 0.358. The van der Waals surface area contributed by atoms with E-state index in [9.17, 15) is 0 Å². The van der Waals surface area contributed by atoms with Crippen LogP contribution in [0.5, 0.6) is 0 Å². The quantitative estimate of drug-likeness (QED) is 0.828. The van der Waals surface area contributed by atoms with E-state index in [1.54, 1.807) is 0 Å². The van der Waals surface area contributed by atoms with E-state index in [1.165, 1.54) is 43.4 Å². The number of anilines is 1. The summed E-state index contributed by atoms with van der Waals surface area (Å²) in [6, 6.07) is 6.82. The van der Waals surface area contributed by atoms with Crippen molar-refractivity contribution in [2.75, 3.05) is 5.73 Å². The Labute approximate surface area is 120 Å². The lowest BCUT2D eigenvalue weighted by Gasteiger charge is -2.20. The maximum atomic E-state index is 5.92. The highest BCUT2D eigenvalue weighted by Crippen LogP contribution is 2.48. The Kier molecular flexibility index (Phi) is 2.45. The Morgan fingerprint density at radius 1 is 1.25 bits per heavy atom. The second-order valence-corrected chi connectivity index (χ2v) is 7.42. The first-order chi connectivity index (χ1) is 9.53. The van der Waals surface area contributed by atoms with Crippen molar-refractivity contribution >= 4 is 16.7 Å². The molecule has 4 rings (SSSR count). The van der Waals surface area contributed by atoms with Crippen molar-refractivity contribution in [3.05, 3.63) is 24.0 Å². The summed E-state index contributed by atoms with van der Waals surface area (Å²) in [5, 5.41) is 0. The molecule has 0 amide bonds. The Morgan fingerprint density at radius 2 is 2.05 bits per heavy atom. The van der Waals surface area contributed by atoms with E-state index in [2.05, 4.69) is 24.5 Å². The highest BCUT2D eigenvalue weighted by molar-refractivity contribution is 5.80. The van der Waals surface area contributed by atoms with Crippen molar-refractivity contribution in [1.29, 1.82) is 0 Å². The molecule has 1 atom stereocenters. The van der Waals surface area contributed by atoms with E-state index in [4.69, 9.17) is 10.7 Å². The molecule has 0 saturated heterocycles. The monoisotopic (exact) mass is 269 g/mol. The summed E-state index contributed by atoms with van der Waals surface area (Å²) in [6.45, 7) is 4.78. The van der Waals surface area contributed by atoms with E-state index >= 15 is 0 Å². The summed E-state index contributed by atoms with van der Waals surface area (Å²) in [5.41, 5.74) is 9.57. The number of nitrogens with two attached hydrogens (primary N) is 1. The molecular weight excluding hydrogens is 246 g/mol. The summed E-state index contributed by atoms with van der Waals surface area (Å²) < 4.78 is 2.54. The molecule has 2 saturated carbocycles. The van der Waals surface area contributed by atoms with Crippen molar-refractivity contribution in [2.24, 2.45) is 5.41 Å². The number of aromatic nitrogens is 2. The van der Waals surface area contributed by atoms with Gasteiger partial charge in [0.05, 0.1) is 11.0 Å². The van der Waals surface area contributed by atoms with Crippen LogP contribution in [0.15, 0.2) is 18.2 Å². The lowest BCUT2D eigenvalue weighted by atomic mass is 9.92. The molecule has 2 aliphatic rings. The minimum Gasteiger partial charge on any atom is -0.399 e. The van der Waals surface area contributed by atoms with Crippen LogP contribution in [0.2, 0.25) is 0 Å². The van der Waals surface area contributed by atoms with Crippen molar-refractivity contribution in [3.63, 3.8) is 0 Å². The highest BCUT2D eigenvalue weighted by Gasteiger charge is 2.37. The molecule has 0 radical (unpaired) electrons. The van der Waals surface area contributed by atoms with E-state index < -0.39 is 0 Å². The van der Waals surface area contributed by atoms with Crippen LogP contribution < -0.4 is 5.73 Å². The first-order valence-electron chi connectivity index (χ1n) is 7.81. The van der Waals surface area contributed by atoms with E-state index in [0.29, 0.717) is 17.4 Å². The largest absolute Gasteiger partial charge is 0.399 e. The first-order valence-corrected chi connectivity index (χ1v) is 7.81. The van der Waals surface area contributed by atoms with Gasteiger partial charge in [0.25, 0.3) is 0 Å². The third-order valence-electron chi connectivity index (χ3n) is 4.99. The van der Waals surface area contributed by atoms with Gasteiger partial charge in [0.1, 0.15) is 5.82 Å². The normalized spacial score (nSPS) is 25.4. The van der Waals surface area contributed by atoms with Crippen molar-refractivity contribution in [3.8, 4) is 0 Å². The standard InChI is InChI=1S/C17H23N3/c1-17(2)8-7-13(10-17)20-15-6-5-12(18)9-14(15)19-16(20)11-3-4-11/h5-6,9,11,13H,3-4,7-8,10,18H2,1-2H3. The smallest absolute Gasteiger partial charge is 0.113 e. The van der Waals surface area contributed by atoms with Gasteiger partial charge in [-0.25, -0.2) is 4.98 Å². The Morgan fingerprint density at radius 3 is 2.70 bits per heavy atom. The number of hydrogen-bond donors (Lipinski definition) is 1. The molecule has 106 valence electrons. The minimum atomic E-state index is 0.468. The van der Waals surface area contributed by atoms with Crippen LogP contribution in [-0.2, 0) is 0 Å². The number of nitrogen functional groups attached to an aromatic ring is 1. The predicted molar refractivity (Wildman–Crippen MR) is 82.8 cm³/mol. The van der Waals surface area contributed by atoms with Crippen molar-refractivity contribution < 1.29 is 0 Å². The number of imidazole rings is 1. The summed E-state index contributed by atoms with van der Waals surface area (Å²) in [5.74, 6) is 2.00. The van der Waals surface area contributed by atoms with Crippen LogP contribution in [0.1, 0.15) is 63.7 Å². The molecule has 0 spiro atoms. The van der Waals surface area contributed by atoms with Gasteiger partial charge in [0.15, 0.2) is 0 Å². The van der Waals surface area contributed by atoms with Gasteiger partial charge in [-0.1, -0.05) is 13.8 Å². The topological polar surface area (TPSA) is 43.8 Å². The zero-order valence-electron chi connectivity index (χ0n) is 12.4. The molecular formula is C17H23N3. The zero-order chi connectivity index (χ0) is 13.9. The van der Waals surface area contributed by atoms with Crippen LogP contribution in [0, 0.1) is 5.41 Å². The van der Waals surface area contributed by atoms with Crippen molar-refractivity contribution in [2.45, 2.75) is 57.9 Å². The fraction of sp³-hybridized carbons (Fsp3) is 0.588. The molecule has 1 unspecified atom stereocenters. The fourth-order valence-corrected chi connectivity index (χ4v) is 3.77. The summed E-state index contributed by atoms with van der Waals surface area (Å²) in [7, 11) is 0. The molecule has 0 aliphatic heterocycles. The minimum absolute atomic E-state index is 0.468. The lowest BCUT2D eigenvalue weighted by Crippen LogP contribution is -2.11. The third-order valence-corrected chi connectivity index (χ3v) is 4.99. The predicted octanol–water partition coefficient (Wildman–Crippen LogP) is 4.25. The number of rotatable bonds is 2. The number of hydrogen-bond acceptors (Lipinski definition) is 2. The van der Waals surface area contributed by atoms with Crippen LogP contribution in [0.3, 0.4) is 0 Å². The average Bonchev–Trinajstić information content (AvgIpc) is 3.07.